The monoisotopic (exact) mass is 550 g/mol. The number of ether oxygens (including phenoxy) is 3. The second kappa shape index (κ2) is 21.7. The van der Waals surface area contributed by atoms with E-state index in [1.165, 1.54) is 89.5 Å². The average molecular weight is 551 g/mol. The molecule has 5 nitrogen and oxygen atoms in total. The molecular weight excluding hydrogens is 500 g/mol. The molecular formula is C35H50O5. The van der Waals surface area contributed by atoms with Gasteiger partial charge in [0.1, 0.15) is 11.5 Å². The van der Waals surface area contributed by atoms with Gasteiger partial charge >= 0.3 is 11.9 Å². The summed E-state index contributed by atoms with van der Waals surface area (Å²) < 4.78 is 16.3. The van der Waals surface area contributed by atoms with Gasteiger partial charge in [0.05, 0.1) is 18.8 Å². The van der Waals surface area contributed by atoms with Crippen molar-refractivity contribution in [3.63, 3.8) is 0 Å². The van der Waals surface area contributed by atoms with E-state index in [1.54, 1.807) is 42.5 Å². The van der Waals surface area contributed by atoms with E-state index in [9.17, 15) is 9.59 Å². The third-order valence-corrected chi connectivity index (χ3v) is 6.81. The van der Waals surface area contributed by atoms with Gasteiger partial charge in [0.25, 0.3) is 0 Å². The van der Waals surface area contributed by atoms with Crippen molar-refractivity contribution in [1.82, 2.24) is 0 Å². The van der Waals surface area contributed by atoms with Gasteiger partial charge in [-0.3, -0.25) is 0 Å². The number of esters is 2. The zero-order valence-electron chi connectivity index (χ0n) is 24.8. The molecule has 2 rings (SSSR count). The van der Waals surface area contributed by atoms with Crippen molar-refractivity contribution in [2.75, 3.05) is 13.2 Å². The lowest BCUT2D eigenvalue weighted by molar-refractivity contribution is -0.137. The van der Waals surface area contributed by atoms with Crippen molar-refractivity contribution in [2.24, 2.45) is 0 Å². The molecule has 40 heavy (non-hydrogen) atoms. The van der Waals surface area contributed by atoms with Crippen LogP contribution in [0.4, 0.5) is 0 Å². The van der Waals surface area contributed by atoms with E-state index in [4.69, 9.17) is 14.2 Å². The van der Waals surface area contributed by atoms with Gasteiger partial charge in [-0.25, -0.2) is 9.59 Å². The molecule has 0 radical (unpaired) electrons. The van der Waals surface area contributed by atoms with Gasteiger partial charge < -0.3 is 14.2 Å². The highest BCUT2D eigenvalue weighted by Gasteiger charge is 2.09. The van der Waals surface area contributed by atoms with Gasteiger partial charge in [0.15, 0.2) is 0 Å². The summed E-state index contributed by atoms with van der Waals surface area (Å²) in [6.45, 7) is 5.32. The minimum absolute atomic E-state index is 0.371. The first-order valence-electron chi connectivity index (χ1n) is 15.5. The number of unbranched alkanes of at least 4 members (excludes halogenated alkanes) is 13. The first kappa shape index (κ1) is 33.1. The fourth-order valence-electron chi connectivity index (χ4n) is 4.40. The largest absolute Gasteiger partial charge is 0.494 e. The number of benzene rings is 2. The summed E-state index contributed by atoms with van der Waals surface area (Å²) in [5.41, 5.74) is 1.28. The lowest BCUT2D eigenvalue weighted by Crippen LogP contribution is -2.08. The predicted molar refractivity (Wildman–Crippen MR) is 164 cm³/mol. The molecule has 0 aliphatic heterocycles. The van der Waals surface area contributed by atoms with Gasteiger partial charge in [0, 0.05) is 6.08 Å². The Labute approximate surface area is 242 Å². The quantitative estimate of drug-likeness (QED) is 0.0632. The molecule has 0 aliphatic rings. The molecule has 0 spiro atoms. The van der Waals surface area contributed by atoms with Crippen LogP contribution in [0.2, 0.25) is 0 Å². The average Bonchev–Trinajstić information content (AvgIpc) is 2.98. The molecule has 5 heteroatoms. The summed E-state index contributed by atoms with van der Waals surface area (Å²) >= 11 is 0. The molecule has 220 valence electrons. The summed E-state index contributed by atoms with van der Waals surface area (Å²) in [5.74, 6) is 0.406. The highest BCUT2D eigenvalue weighted by Crippen LogP contribution is 2.18. The molecule has 0 N–H and O–H groups in total. The minimum atomic E-state index is -0.426. The van der Waals surface area contributed by atoms with Crippen LogP contribution in [-0.2, 0) is 9.53 Å². The van der Waals surface area contributed by atoms with E-state index in [0.29, 0.717) is 24.5 Å². The Bertz CT molecular complexity index is 962. The van der Waals surface area contributed by atoms with Gasteiger partial charge in [-0.05, 0) is 60.9 Å². The van der Waals surface area contributed by atoms with E-state index < -0.39 is 5.97 Å². The Kier molecular flexibility index (Phi) is 18.0. The standard InChI is InChI=1S/C35H50O5/c1-3-5-6-7-8-9-10-11-12-13-14-15-16-17-29-38-32-25-21-31(22-26-32)35(37)40-33-23-18-30(19-24-33)20-27-34(36)39-28-4-2/h18-27H,3-17,28-29H2,1-2H3/b27-20+. The second-order valence-corrected chi connectivity index (χ2v) is 10.4. The summed E-state index contributed by atoms with van der Waals surface area (Å²) in [6, 6.07) is 14.0. The van der Waals surface area contributed by atoms with Crippen LogP contribution in [0.1, 0.15) is 126 Å². The molecule has 0 amide bonds. The van der Waals surface area contributed by atoms with Gasteiger partial charge in [0.2, 0.25) is 0 Å². The van der Waals surface area contributed by atoms with Gasteiger partial charge in [-0.2, -0.15) is 0 Å². The molecule has 0 aromatic heterocycles. The Balaban J connectivity index is 1.54. The topological polar surface area (TPSA) is 61.8 Å². The van der Waals surface area contributed by atoms with Crippen molar-refractivity contribution in [2.45, 2.75) is 110 Å². The molecule has 0 fully saturated rings. The minimum Gasteiger partial charge on any atom is -0.494 e. The van der Waals surface area contributed by atoms with E-state index in [-0.39, 0.29) is 5.97 Å². The van der Waals surface area contributed by atoms with Crippen LogP contribution >= 0.6 is 0 Å². The predicted octanol–water partition coefficient (Wildman–Crippen LogP) is 9.73. The Hall–Kier alpha value is -3.08. The van der Waals surface area contributed by atoms with Crippen molar-refractivity contribution in [3.05, 3.63) is 65.7 Å². The normalized spacial score (nSPS) is 11.1. The maximum Gasteiger partial charge on any atom is 0.343 e. The van der Waals surface area contributed by atoms with Crippen LogP contribution in [0, 0.1) is 0 Å². The Morgan fingerprint density at radius 1 is 0.600 bits per heavy atom. The zero-order valence-corrected chi connectivity index (χ0v) is 24.8. The SMILES string of the molecule is CCCCCCCCCCCCCCCCOc1ccc(C(=O)Oc2ccc(/C=C/C(=O)OCCC)cc2)cc1. The third-order valence-electron chi connectivity index (χ3n) is 6.81. The highest BCUT2D eigenvalue weighted by molar-refractivity contribution is 5.91. The maximum absolute atomic E-state index is 12.5. The van der Waals surface area contributed by atoms with Crippen LogP contribution in [0.3, 0.4) is 0 Å². The molecule has 0 bridgehead atoms. The smallest absolute Gasteiger partial charge is 0.343 e. The molecule has 0 saturated heterocycles. The van der Waals surface area contributed by atoms with E-state index in [1.807, 2.05) is 19.1 Å². The summed E-state index contributed by atoms with van der Waals surface area (Å²) in [5, 5.41) is 0. The Morgan fingerprint density at radius 2 is 1.12 bits per heavy atom. The third kappa shape index (κ3) is 15.5. The number of rotatable bonds is 22. The van der Waals surface area contributed by atoms with E-state index in [2.05, 4.69) is 6.92 Å². The van der Waals surface area contributed by atoms with Crippen LogP contribution in [0.25, 0.3) is 6.08 Å². The zero-order chi connectivity index (χ0) is 28.7. The fraction of sp³-hybridized carbons (Fsp3) is 0.543. The molecule has 0 unspecified atom stereocenters. The van der Waals surface area contributed by atoms with E-state index in [0.717, 1.165) is 24.2 Å². The number of carbonyl (C=O) groups is 2. The number of hydrogen-bond donors (Lipinski definition) is 0. The lowest BCUT2D eigenvalue weighted by atomic mass is 10.0. The Morgan fingerprint density at radius 3 is 1.68 bits per heavy atom. The molecule has 0 aliphatic carbocycles. The van der Waals surface area contributed by atoms with Gasteiger partial charge in [-0.15, -0.1) is 0 Å². The molecule has 0 saturated carbocycles. The van der Waals surface area contributed by atoms with Crippen molar-refractivity contribution < 1.29 is 23.8 Å². The highest BCUT2D eigenvalue weighted by atomic mass is 16.5. The van der Waals surface area contributed by atoms with Crippen LogP contribution < -0.4 is 9.47 Å². The van der Waals surface area contributed by atoms with Crippen LogP contribution in [0.5, 0.6) is 11.5 Å². The van der Waals surface area contributed by atoms with Crippen molar-refractivity contribution in [1.29, 1.82) is 0 Å². The summed E-state index contributed by atoms with van der Waals surface area (Å²) in [6.07, 6.45) is 22.6. The number of hydrogen-bond acceptors (Lipinski definition) is 5. The second-order valence-electron chi connectivity index (χ2n) is 10.4. The molecule has 0 heterocycles. The lowest BCUT2D eigenvalue weighted by Gasteiger charge is -2.08. The molecule has 2 aromatic rings. The van der Waals surface area contributed by atoms with E-state index >= 15 is 0 Å². The van der Waals surface area contributed by atoms with Crippen LogP contribution in [0.15, 0.2) is 54.6 Å². The number of carbonyl (C=O) groups excluding carboxylic acids is 2. The molecule has 2 aromatic carbocycles. The molecule has 0 atom stereocenters. The summed E-state index contributed by atoms with van der Waals surface area (Å²) in [4.78, 5) is 24.1. The maximum atomic E-state index is 12.5. The van der Waals surface area contributed by atoms with Crippen molar-refractivity contribution in [3.8, 4) is 11.5 Å². The fourth-order valence-corrected chi connectivity index (χ4v) is 4.40. The van der Waals surface area contributed by atoms with Crippen molar-refractivity contribution >= 4 is 18.0 Å². The summed E-state index contributed by atoms with van der Waals surface area (Å²) in [7, 11) is 0. The van der Waals surface area contributed by atoms with Crippen LogP contribution in [-0.4, -0.2) is 25.2 Å². The van der Waals surface area contributed by atoms with Gasteiger partial charge in [-0.1, -0.05) is 109 Å². The first-order chi connectivity index (χ1) is 19.6. The first-order valence-corrected chi connectivity index (χ1v) is 15.5.